The molecule has 0 radical (unpaired) electrons. The number of carbonyl (C=O) groups excluding carboxylic acids is 1. The highest BCUT2D eigenvalue weighted by Gasteiger charge is 2.07. The number of amides is 1. The van der Waals surface area contributed by atoms with Gasteiger partial charge in [-0.25, -0.2) is 0 Å². The summed E-state index contributed by atoms with van der Waals surface area (Å²) in [6.07, 6.45) is 0.256. The summed E-state index contributed by atoms with van der Waals surface area (Å²) in [5.74, 6) is 1.89. The standard InChI is InChI=1S/C19H23NO4/c1-13-7-14(2)9-18(8-13)24-6-5-19(21)20-15-10-16(22-3)12-17(11-15)23-4/h7-12H,5-6H2,1-4H3,(H,20,21). The number of aryl methyl sites for hydroxylation is 2. The van der Waals surface area contributed by atoms with Crippen LogP contribution in [0.1, 0.15) is 17.5 Å². The maximum absolute atomic E-state index is 12.1. The third-order valence-electron chi connectivity index (χ3n) is 3.43. The Morgan fingerprint density at radius 2 is 1.46 bits per heavy atom. The number of carbonyl (C=O) groups is 1. The molecular weight excluding hydrogens is 306 g/mol. The molecule has 0 saturated heterocycles. The lowest BCUT2D eigenvalue weighted by Gasteiger charge is -2.11. The van der Waals surface area contributed by atoms with Crippen LogP contribution in [0, 0.1) is 13.8 Å². The topological polar surface area (TPSA) is 56.8 Å². The van der Waals surface area contributed by atoms with Crippen molar-refractivity contribution in [2.24, 2.45) is 0 Å². The SMILES string of the molecule is COc1cc(NC(=O)CCOc2cc(C)cc(C)c2)cc(OC)c1. The number of rotatable bonds is 7. The number of benzene rings is 2. The van der Waals surface area contributed by atoms with Gasteiger partial charge in [0.1, 0.15) is 17.2 Å². The first-order valence-corrected chi connectivity index (χ1v) is 7.74. The Hall–Kier alpha value is -2.69. The second-order valence-electron chi connectivity index (χ2n) is 5.57. The molecule has 0 aliphatic heterocycles. The molecule has 1 N–H and O–H groups in total. The molecule has 0 atom stereocenters. The molecule has 5 heteroatoms. The number of methoxy groups -OCH3 is 2. The van der Waals surface area contributed by atoms with E-state index in [1.54, 1.807) is 32.4 Å². The zero-order chi connectivity index (χ0) is 17.5. The number of ether oxygens (including phenoxy) is 3. The van der Waals surface area contributed by atoms with Crippen molar-refractivity contribution in [1.29, 1.82) is 0 Å². The minimum Gasteiger partial charge on any atom is -0.497 e. The van der Waals surface area contributed by atoms with E-state index in [-0.39, 0.29) is 12.3 Å². The Bertz CT molecular complexity index is 670. The van der Waals surface area contributed by atoms with Crippen LogP contribution < -0.4 is 19.5 Å². The van der Waals surface area contributed by atoms with Crippen molar-refractivity contribution >= 4 is 11.6 Å². The van der Waals surface area contributed by atoms with E-state index in [4.69, 9.17) is 14.2 Å². The summed E-state index contributed by atoms with van der Waals surface area (Å²) in [6.45, 7) is 4.35. The van der Waals surface area contributed by atoms with Gasteiger partial charge in [-0.2, -0.15) is 0 Å². The van der Waals surface area contributed by atoms with Crippen LogP contribution in [0.25, 0.3) is 0 Å². The van der Waals surface area contributed by atoms with Gasteiger partial charge < -0.3 is 19.5 Å². The molecule has 0 aliphatic carbocycles. The van der Waals surface area contributed by atoms with Gasteiger partial charge in [-0.3, -0.25) is 4.79 Å². The molecule has 0 aliphatic rings. The second kappa shape index (κ2) is 8.24. The van der Waals surface area contributed by atoms with Crippen LogP contribution in [-0.2, 0) is 4.79 Å². The predicted molar refractivity (Wildman–Crippen MR) is 94.2 cm³/mol. The van der Waals surface area contributed by atoms with Gasteiger partial charge >= 0.3 is 0 Å². The van der Waals surface area contributed by atoms with E-state index in [9.17, 15) is 4.79 Å². The molecule has 5 nitrogen and oxygen atoms in total. The highest BCUT2D eigenvalue weighted by atomic mass is 16.5. The average Bonchev–Trinajstić information content (AvgIpc) is 2.53. The van der Waals surface area contributed by atoms with Crippen LogP contribution in [-0.4, -0.2) is 26.7 Å². The summed E-state index contributed by atoms with van der Waals surface area (Å²) in [5.41, 5.74) is 2.90. The van der Waals surface area contributed by atoms with Gasteiger partial charge in [-0.1, -0.05) is 6.07 Å². The van der Waals surface area contributed by atoms with Gasteiger partial charge in [0.15, 0.2) is 0 Å². The Morgan fingerprint density at radius 3 is 2.00 bits per heavy atom. The van der Waals surface area contributed by atoms with Gasteiger partial charge in [0.05, 0.1) is 27.2 Å². The van der Waals surface area contributed by atoms with Crippen molar-refractivity contribution in [3.05, 3.63) is 47.5 Å². The van der Waals surface area contributed by atoms with E-state index >= 15 is 0 Å². The fourth-order valence-corrected chi connectivity index (χ4v) is 2.38. The zero-order valence-electron chi connectivity index (χ0n) is 14.5. The Balaban J connectivity index is 1.89. The zero-order valence-corrected chi connectivity index (χ0v) is 14.5. The number of nitrogens with one attached hydrogen (secondary N) is 1. The Kier molecular flexibility index (Phi) is 6.07. The summed E-state index contributed by atoms with van der Waals surface area (Å²) in [4.78, 5) is 12.1. The Morgan fingerprint density at radius 1 is 0.875 bits per heavy atom. The largest absolute Gasteiger partial charge is 0.497 e. The lowest BCUT2D eigenvalue weighted by molar-refractivity contribution is -0.116. The summed E-state index contributed by atoms with van der Waals surface area (Å²) >= 11 is 0. The fourth-order valence-electron chi connectivity index (χ4n) is 2.38. The highest BCUT2D eigenvalue weighted by molar-refractivity contribution is 5.91. The first kappa shape index (κ1) is 17.7. The Labute approximate surface area is 142 Å². The molecular formula is C19H23NO4. The van der Waals surface area contributed by atoms with Crippen molar-refractivity contribution in [2.45, 2.75) is 20.3 Å². The minimum atomic E-state index is -0.130. The van der Waals surface area contributed by atoms with Gasteiger partial charge in [0.2, 0.25) is 5.91 Å². The van der Waals surface area contributed by atoms with Crippen LogP contribution in [0.4, 0.5) is 5.69 Å². The lowest BCUT2D eigenvalue weighted by atomic mass is 10.1. The quantitative estimate of drug-likeness (QED) is 0.841. The van der Waals surface area contributed by atoms with Crippen LogP contribution in [0.3, 0.4) is 0 Å². The van der Waals surface area contributed by atoms with Crippen LogP contribution >= 0.6 is 0 Å². The monoisotopic (exact) mass is 329 g/mol. The summed E-state index contributed by atoms with van der Waals surface area (Å²) in [7, 11) is 3.14. The van der Waals surface area contributed by atoms with E-state index in [0.717, 1.165) is 16.9 Å². The molecule has 0 fully saturated rings. The summed E-state index contributed by atoms with van der Waals surface area (Å²) in [6, 6.07) is 11.2. The van der Waals surface area contributed by atoms with Crippen LogP contribution in [0.2, 0.25) is 0 Å². The van der Waals surface area contributed by atoms with Crippen molar-refractivity contribution < 1.29 is 19.0 Å². The van der Waals surface area contributed by atoms with Gasteiger partial charge in [-0.15, -0.1) is 0 Å². The number of anilines is 1. The van der Waals surface area contributed by atoms with Crippen molar-refractivity contribution in [2.75, 3.05) is 26.1 Å². The molecule has 2 aromatic carbocycles. The third kappa shape index (κ3) is 5.19. The first-order valence-electron chi connectivity index (χ1n) is 7.74. The maximum atomic E-state index is 12.1. The molecule has 2 aromatic rings. The first-order chi connectivity index (χ1) is 11.5. The fraction of sp³-hybridized carbons (Fsp3) is 0.316. The maximum Gasteiger partial charge on any atom is 0.227 e. The van der Waals surface area contributed by atoms with Crippen molar-refractivity contribution in [3.63, 3.8) is 0 Å². The molecule has 24 heavy (non-hydrogen) atoms. The van der Waals surface area contributed by atoms with E-state index in [2.05, 4.69) is 11.4 Å². The third-order valence-corrected chi connectivity index (χ3v) is 3.43. The lowest BCUT2D eigenvalue weighted by Crippen LogP contribution is -2.15. The van der Waals surface area contributed by atoms with E-state index in [1.165, 1.54) is 0 Å². The minimum absolute atomic E-state index is 0.130. The molecule has 128 valence electrons. The molecule has 0 unspecified atom stereocenters. The van der Waals surface area contributed by atoms with Gasteiger partial charge in [0, 0.05) is 23.9 Å². The molecule has 1 amide bonds. The van der Waals surface area contributed by atoms with Crippen molar-refractivity contribution in [3.8, 4) is 17.2 Å². The van der Waals surface area contributed by atoms with E-state index < -0.39 is 0 Å². The van der Waals surface area contributed by atoms with Gasteiger partial charge in [-0.05, 0) is 37.1 Å². The van der Waals surface area contributed by atoms with E-state index in [1.807, 2.05) is 26.0 Å². The van der Waals surface area contributed by atoms with Crippen LogP contribution in [0.5, 0.6) is 17.2 Å². The molecule has 0 aromatic heterocycles. The van der Waals surface area contributed by atoms with E-state index in [0.29, 0.717) is 23.8 Å². The van der Waals surface area contributed by atoms with Crippen molar-refractivity contribution in [1.82, 2.24) is 0 Å². The molecule has 0 heterocycles. The average molecular weight is 329 g/mol. The molecule has 2 rings (SSSR count). The predicted octanol–water partition coefficient (Wildman–Crippen LogP) is 3.73. The summed E-state index contributed by atoms with van der Waals surface area (Å²) in [5, 5.41) is 2.82. The normalized spacial score (nSPS) is 10.2. The van der Waals surface area contributed by atoms with Crippen LogP contribution in [0.15, 0.2) is 36.4 Å². The molecule has 0 bridgehead atoms. The van der Waals surface area contributed by atoms with Gasteiger partial charge in [0.25, 0.3) is 0 Å². The molecule has 0 saturated carbocycles. The highest BCUT2D eigenvalue weighted by Crippen LogP contribution is 2.25. The molecule has 0 spiro atoms. The number of hydrogen-bond donors (Lipinski definition) is 1. The summed E-state index contributed by atoms with van der Waals surface area (Å²) < 4.78 is 16.0. The smallest absolute Gasteiger partial charge is 0.227 e. The second-order valence-corrected chi connectivity index (χ2v) is 5.57. The number of hydrogen-bond acceptors (Lipinski definition) is 4.